The average Bonchev–Trinajstić information content (AvgIpc) is 2.35. The molecule has 0 saturated carbocycles. The first-order chi connectivity index (χ1) is 8.56. The Bertz CT molecular complexity index is 396. The quantitative estimate of drug-likeness (QED) is 0.860. The van der Waals surface area contributed by atoms with Crippen molar-refractivity contribution >= 4 is 0 Å². The number of nitrogens with one attached hydrogen (secondary N) is 1. The Hall–Kier alpha value is -0.860. The first kappa shape index (κ1) is 13.6. The minimum atomic E-state index is 0.0933. The highest BCUT2D eigenvalue weighted by Gasteiger charge is 2.32. The van der Waals surface area contributed by atoms with Crippen molar-refractivity contribution in [2.45, 2.75) is 40.0 Å². The van der Waals surface area contributed by atoms with Gasteiger partial charge < -0.3 is 10.4 Å². The molecule has 2 rings (SSSR count). The molecular weight excluding hydrogens is 222 g/mol. The van der Waals surface area contributed by atoms with Gasteiger partial charge in [0.05, 0.1) is 0 Å². The van der Waals surface area contributed by atoms with Crippen molar-refractivity contribution in [1.29, 1.82) is 0 Å². The van der Waals surface area contributed by atoms with Crippen LogP contribution in [0.25, 0.3) is 0 Å². The van der Waals surface area contributed by atoms with Gasteiger partial charge in [-0.2, -0.15) is 0 Å². The summed E-state index contributed by atoms with van der Waals surface area (Å²) < 4.78 is 0. The van der Waals surface area contributed by atoms with Crippen molar-refractivity contribution in [2.24, 2.45) is 5.41 Å². The normalized spacial score (nSPS) is 18.9. The number of aliphatic hydroxyl groups excluding tert-OH is 1. The van der Waals surface area contributed by atoms with Crippen LogP contribution in [0.4, 0.5) is 0 Å². The van der Waals surface area contributed by atoms with E-state index < -0.39 is 0 Å². The predicted molar refractivity (Wildman–Crippen MR) is 76.0 cm³/mol. The van der Waals surface area contributed by atoms with Gasteiger partial charge in [-0.1, -0.05) is 17.7 Å². The van der Waals surface area contributed by atoms with Gasteiger partial charge in [0.25, 0.3) is 0 Å². The van der Waals surface area contributed by atoms with Gasteiger partial charge in [0.2, 0.25) is 0 Å². The molecule has 100 valence electrons. The third kappa shape index (κ3) is 2.76. The molecule has 1 aromatic rings. The standard InChI is InChI=1S/C16H25NO/c1-12-8-13(2)15(14(3)9-12)10-16(11-18)4-6-17-7-5-16/h8-9,17-18H,4-7,10-11H2,1-3H3. The minimum absolute atomic E-state index is 0.0933. The molecular formula is C16H25NO. The predicted octanol–water partition coefficient (Wildman–Crippen LogP) is 2.52. The van der Waals surface area contributed by atoms with Crippen molar-refractivity contribution in [1.82, 2.24) is 5.32 Å². The molecule has 0 spiro atoms. The summed E-state index contributed by atoms with van der Waals surface area (Å²) >= 11 is 0. The van der Waals surface area contributed by atoms with E-state index in [-0.39, 0.29) is 5.41 Å². The van der Waals surface area contributed by atoms with E-state index in [9.17, 15) is 5.11 Å². The fourth-order valence-electron chi connectivity index (χ4n) is 3.21. The lowest BCUT2D eigenvalue weighted by Gasteiger charge is -2.37. The van der Waals surface area contributed by atoms with Crippen LogP contribution in [0.2, 0.25) is 0 Å². The largest absolute Gasteiger partial charge is 0.396 e. The minimum Gasteiger partial charge on any atom is -0.396 e. The second kappa shape index (κ2) is 5.41. The van der Waals surface area contributed by atoms with E-state index in [0.717, 1.165) is 32.4 Å². The molecule has 0 atom stereocenters. The Kier molecular flexibility index (Phi) is 4.08. The van der Waals surface area contributed by atoms with Crippen LogP contribution in [0.1, 0.15) is 35.1 Å². The van der Waals surface area contributed by atoms with E-state index >= 15 is 0 Å². The molecule has 0 aromatic heterocycles. The zero-order chi connectivity index (χ0) is 13.2. The number of piperidine rings is 1. The van der Waals surface area contributed by atoms with E-state index in [0.29, 0.717) is 6.61 Å². The summed E-state index contributed by atoms with van der Waals surface area (Å²) in [5, 5.41) is 13.2. The molecule has 1 aliphatic heterocycles. The second-order valence-electron chi connectivity index (χ2n) is 5.96. The van der Waals surface area contributed by atoms with Gasteiger partial charge in [-0.15, -0.1) is 0 Å². The molecule has 1 aliphatic rings. The van der Waals surface area contributed by atoms with Crippen molar-refractivity contribution in [2.75, 3.05) is 19.7 Å². The van der Waals surface area contributed by atoms with Crippen molar-refractivity contribution in [3.63, 3.8) is 0 Å². The van der Waals surface area contributed by atoms with Crippen LogP contribution in [0.3, 0.4) is 0 Å². The van der Waals surface area contributed by atoms with Gasteiger partial charge in [0.1, 0.15) is 0 Å². The molecule has 0 unspecified atom stereocenters. The molecule has 2 nitrogen and oxygen atoms in total. The fraction of sp³-hybridized carbons (Fsp3) is 0.625. The van der Waals surface area contributed by atoms with Crippen molar-refractivity contribution in [3.05, 3.63) is 34.4 Å². The maximum Gasteiger partial charge on any atom is 0.0491 e. The van der Waals surface area contributed by atoms with Crippen LogP contribution in [-0.4, -0.2) is 24.8 Å². The molecule has 1 saturated heterocycles. The van der Waals surface area contributed by atoms with Gasteiger partial charge in [-0.25, -0.2) is 0 Å². The zero-order valence-corrected chi connectivity index (χ0v) is 11.8. The van der Waals surface area contributed by atoms with Crippen molar-refractivity contribution < 1.29 is 5.11 Å². The third-order valence-corrected chi connectivity index (χ3v) is 4.39. The van der Waals surface area contributed by atoms with Crippen LogP contribution >= 0.6 is 0 Å². The lowest BCUT2D eigenvalue weighted by Crippen LogP contribution is -2.40. The first-order valence-electron chi connectivity index (χ1n) is 6.95. The molecule has 0 aliphatic carbocycles. The number of benzene rings is 1. The maximum atomic E-state index is 9.81. The summed E-state index contributed by atoms with van der Waals surface area (Å²) in [5.41, 5.74) is 5.61. The number of rotatable bonds is 3. The molecule has 2 heteroatoms. The van der Waals surface area contributed by atoms with E-state index in [2.05, 4.69) is 38.2 Å². The Morgan fingerprint density at radius 3 is 2.17 bits per heavy atom. The van der Waals surface area contributed by atoms with Crippen molar-refractivity contribution in [3.8, 4) is 0 Å². The molecule has 1 aromatic carbocycles. The topological polar surface area (TPSA) is 32.3 Å². The Labute approximate surface area is 110 Å². The fourth-order valence-corrected chi connectivity index (χ4v) is 3.21. The second-order valence-corrected chi connectivity index (χ2v) is 5.96. The molecule has 2 N–H and O–H groups in total. The Balaban J connectivity index is 2.27. The molecule has 0 bridgehead atoms. The Morgan fingerprint density at radius 1 is 1.11 bits per heavy atom. The van der Waals surface area contributed by atoms with Gasteiger partial charge in [-0.05, 0) is 75.2 Å². The number of aliphatic hydroxyl groups is 1. The van der Waals surface area contributed by atoms with Gasteiger partial charge in [-0.3, -0.25) is 0 Å². The highest BCUT2D eigenvalue weighted by Crippen LogP contribution is 2.34. The molecule has 0 radical (unpaired) electrons. The lowest BCUT2D eigenvalue weighted by atomic mass is 9.73. The molecule has 0 amide bonds. The summed E-state index contributed by atoms with van der Waals surface area (Å²) in [6, 6.07) is 4.52. The summed E-state index contributed by atoms with van der Waals surface area (Å²) in [6.07, 6.45) is 3.18. The van der Waals surface area contributed by atoms with Crippen LogP contribution in [0.15, 0.2) is 12.1 Å². The van der Waals surface area contributed by atoms with E-state index in [1.807, 2.05) is 0 Å². The van der Waals surface area contributed by atoms with Gasteiger partial charge in [0, 0.05) is 6.61 Å². The summed E-state index contributed by atoms with van der Waals surface area (Å²) in [5.74, 6) is 0. The SMILES string of the molecule is Cc1cc(C)c(CC2(CO)CCNCC2)c(C)c1. The van der Waals surface area contributed by atoms with Crippen LogP contribution in [0.5, 0.6) is 0 Å². The van der Waals surface area contributed by atoms with Crippen LogP contribution in [-0.2, 0) is 6.42 Å². The zero-order valence-electron chi connectivity index (χ0n) is 11.8. The average molecular weight is 247 g/mol. The molecule has 1 heterocycles. The summed E-state index contributed by atoms with van der Waals surface area (Å²) in [4.78, 5) is 0. The molecule has 1 fully saturated rings. The maximum absolute atomic E-state index is 9.81. The highest BCUT2D eigenvalue weighted by atomic mass is 16.3. The summed E-state index contributed by atoms with van der Waals surface area (Å²) in [7, 11) is 0. The van der Waals surface area contributed by atoms with Crippen LogP contribution in [0, 0.1) is 26.2 Å². The number of hydrogen-bond acceptors (Lipinski definition) is 2. The lowest BCUT2D eigenvalue weighted by molar-refractivity contribution is 0.0890. The molecule has 18 heavy (non-hydrogen) atoms. The van der Waals surface area contributed by atoms with E-state index in [1.165, 1.54) is 22.3 Å². The van der Waals surface area contributed by atoms with Gasteiger partial charge in [0.15, 0.2) is 0 Å². The monoisotopic (exact) mass is 247 g/mol. The Morgan fingerprint density at radius 2 is 1.67 bits per heavy atom. The van der Waals surface area contributed by atoms with E-state index in [1.54, 1.807) is 0 Å². The van der Waals surface area contributed by atoms with Crippen LogP contribution < -0.4 is 5.32 Å². The highest BCUT2D eigenvalue weighted by molar-refractivity contribution is 5.38. The number of hydrogen-bond donors (Lipinski definition) is 2. The first-order valence-corrected chi connectivity index (χ1v) is 6.95. The summed E-state index contributed by atoms with van der Waals surface area (Å²) in [6.45, 7) is 8.91. The number of aryl methyl sites for hydroxylation is 3. The third-order valence-electron chi connectivity index (χ3n) is 4.39. The van der Waals surface area contributed by atoms with Gasteiger partial charge >= 0.3 is 0 Å². The van der Waals surface area contributed by atoms with E-state index in [4.69, 9.17) is 0 Å². The smallest absolute Gasteiger partial charge is 0.0491 e.